The Kier molecular flexibility index (Phi) is 4.73. The number of benzene rings is 1. The summed E-state index contributed by atoms with van der Waals surface area (Å²) < 4.78 is 5.30. The van der Waals surface area contributed by atoms with Crippen LogP contribution in [0.25, 0.3) is 0 Å². The molecule has 2 N–H and O–H groups in total. The van der Waals surface area contributed by atoms with Crippen LogP contribution in [-0.4, -0.2) is 26.1 Å². The highest BCUT2D eigenvalue weighted by molar-refractivity contribution is 5.98. The topological polar surface area (TPSA) is 55.6 Å². The Hall–Kier alpha value is -1.55. The van der Waals surface area contributed by atoms with Crippen molar-refractivity contribution in [3.63, 3.8) is 0 Å². The van der Waals surface area contributed by atoms with Crippen LogP contribution in [-0.2, 0) is 4.79 Å². The van der Waals surface area contributed by atoms with Crippen molar-refractivity contribution in [1.29, 1.82) is 0 Å². The lowest BCUT2D eigenvalue weighted by Crippen LogP contribution is -2.42. The molecular weight excluding hydrogens is 228 g/mol. The third kappa shape index (κ3) is 3.23. The molecule has 0 heterocycles. The predicted octanol–water partition coefficient (Wildman–Crippen LogP) is 2.03. The quantitative estimate of drug-likeness (QED) is 0.889. The van der Waals surface area contributed by atoms with Crippen molar-refractivity contribution >= 4 is 11.6 Å². The Morgan fingerprint density at radius 1 is 1.33 bits per heavy atom. The molecule has 1 amide bonds. The molecule has 0 radical (unpaired) electrons. The monoisotopic (exact) mass is 250 g/mol. The van der Waals surface area contributed by atoms with Gasteiger partial charge in [-0.2, -0.15) is 0 Å². The molecule has 1 aromatic rings. The van der Waals surface area contributed by atoms with Crippen LogP contribution in [0.4, 0.5) is 5.69 Å². The first kappa shape index (κ1) is 14.5. The van der Waals surface area contributed by atoms with Gasteiger partial charge in [0.1, 0.15) is 5.75 Å². The minimum atomic E-state index is -0.448. The molecule has 18 heavy (non-hydrogen) atoms. The summed E-state index contributed by atoms with van der Waals surface area (Å²) in [5.41, 5.74) is 5.93. The maximum Gasteiger partial charge on any atom is 0.232 e. The minimum Gasteiger partial charge on any atom is -0.495 e. The smallest absolute Gasteiger partial charge is 0.232 e. The fraction of sp³-hybridized carbons (Fsp3) is 0.500. The number of rotatable bonds is 4. The van der Waals surface area contributed by atoms with E-state index in [0.29, 0.717) is 18.8 Å². The second kappa shape index (κ2) is 5.87. The zero-order chi connectivity index (χ0) is 13.8. The summed E-state index contributed by atoms with van der Waals surface area (Å²) in [4.78, 5) is 14.1. The van der Waals surface area contributed by atoms with Crippen LogP contribution in [0.15, 0.2) is 24.3 Å². The van der Waals surface area contributed by atoms with Crippen LogP contribution in [0.5, 0.6) is 5.75 Å². The summed E-state index contributed by atoms with van der Waals surface area (Å²) in [6, 6.07) is 7.48. The molecule has 0 bridgehead atoms. The first-order chi connectivity index (χ1) is 8.41. The van der Waals surface area contributed by atoms with Crippen LogP contribution in [0, 0.1) is 5.41 Å². The number of nitrogens with zero attached hydrogens (tertiary/aromatic N) is 1. The van der Waals surface area contributed by atoms with Crippen molar-refractivity contribution in [1.82, 2.24) is 0 Å². The first-order valence-corrected chi connectivity index (χ1v) is 6.07. The zero-order valence-corrected chi connectivity index (χ0v) is 11.6. The molecule has 0 aliphatic heterocycles. The summed E-state index contributed by atoms with van der Waals surface area (Å²) in [5.74, 6) is 0.723. The summed E-state index contributed by atoms with van der Waals surface area (Å²) in [7, 11) is 1.60. The number of para-hydroxylation sites is 2. The largest absolute Gasteiger partial charge is 0.495 e. The Labute approximate surface area is 109 Å². The molecule has 0 saturated heterocycles. The van der Waals surface area contributed by atoms with E-state index in [2.05, 4.69) is 0 Å². The highest BCUT2D eigenvalue weighted by Crippen LogP contribution is 2.30. The number of carbonyl (C=O) groups excluding carboxylic acids is 1. The summed E-state index contributed by atoms with van der Waals surface area (Å²) in [6.07, 6.45) is 0. The molecule has 1 aromatic carbocycles. The van der Waals surface area contributed by atoms with E-state index in [1.165, 1.54) is 0 Å². The van der Waals surface area contributed by atoms with Crippen molar-refractivity contribution in [3.05, 3.63) is 24.3 Å². The standard InChI is InChI=1S/C14H22N2O2/c1-14(2,3)13(17)16(10-9-15)11-7-5-6-8-12(11)18-4/h5-8H,9-10,15H2,1-4H3. The highest BCUT2D eigenvalue weighted by Gasteiger charge is 2.29. The Bertz CT molecular complexity index is 411. The molecule has 0 saturated carbocycles. The van der Waals surface area contributed by atoms with E-state index in [4.69, 9.17) is 10.5 Å². The molecule has 0 aromatic heterocycles. The van der Waals surface area contributed by atoms with Gasteiger partial charge in [-0.1, -0.05) is 32.9 Å². The van der Waals surface area contributed by atoms with Crippen LogP contribution in [0.2, 0.25) is 0 Å². The Balaban J connectivity index is 3.16. The van der Waals surface area contributed by atoms with Crippen LogP contribution >= 0.6 is 0 Å². The number of nitrogens with two attached hydrogens (primary N) is 1. The van der Waals surface area contributed by atoms with Crippen molar-refractivity contribution in [2.75, 3.05) is 25.1 Å². The highest BCUT2D eigenvalue weighted by atomic mass is 16.5. The van der Waals surface area contributed by atoms with E-state index < -0.39 is 5.41 Å². The fourth-order valence-corrected chi connectivity index (χ4v) is 1.72. The maximum atomic E-state index is 12.4. The molecule has 0 spiro atoms. The molecule has 0 aliphatic carbocycles. The number of amides is 1. The van der Waals surface area contributed by atoms with Gasteiger partial charge >= 0.3 is 0 Å². The number of hydrogen-bond donors (Lipinski definition) is 1. The third-order valence-corrected chi connectivity index (χ3v) is 2.62. The number of ether oxygens (including phenoxy) is 1. The Morgan fingerprint density at radius 2 is 1.94 bits per heavy atom. The SMILES string of the molecule is COc1ccccc1N(CCN)C(=O)C(C)(C)C. The number of carbonyl (C=O) groups is 1. The van der Waals surface area contributed by atoms with Crippen molar-refractivity contribution in [3.8, 4) is 5.75 Å². The lowest BCUT2D eigenvalue weighted by molar-refractivity contribution is -0.125. The second-order valence-corrected chi connectivity index (χ2v) is 5.17. The third-order valence-electron chi connectivity index (χ3n) is 2.62. The summed E-state index contributed by atoms with van der Waals surface area (Å²) in [5, 5.41) is 0. The molecular formula is C14H22N2O2. The van der Waals surface area contributed by atoms with Crippen molar-refractivity contribution in [2.24, 2.45) is 11.1 Å². The second-order valence-electron chi connectivity index (χ2n) is 5.17. The van der Waals surface area contributed by atoms with Crippen LogP contribution in [0.1, 0.15) is 20.8 Å². The van der Waals surface area contributed by atoms with E-state index in [1.54, 1.807) is 12.0 Å². The summed E-state index contributed by atoms with van der Waals surface area (Å²) >= 11 is 0. The van der Waals surface area contributed by atoms with Crippen LogP contribution < -0.4 is 15.4 Å². The average Bonchev–Trinajstić information content (AvgIpc) is 2.34. The normalized spacial score (nSPS) is 11.2. The molecule has 0 atom stereocenters. The molecule has 100 valence electrons. The lowest BCUT2D eigenvalue weighted by atomic mass is 9.94. The fourth-order valence-electron chi connectivity index (χ4n) is 1.72. The van der Waals surface area contributed by atoms with E-state index in [0.717, 1.165) is 5.69 Å². The Morgan fingerprint density at radius 3 is 2.44 bits per heavy atom. The van der Waals surface area contributed by atoms with Gasteiger partial charge in [0.05, 0.1) is 12.8 Å². The molecule has 0 fully saturated rings. The average molecular weight is 250 g/mol. The van der Waals surface area contributed by atoms with Crippen LogP contribution in [0.3, 0.4) is 0 Å². The maximum absolute atomic E-state index is 12.4. The van der Waals surface area contributed by atoms with Gasteiger partial charge in [-0.15, -0.1) is 0 Å². The van der Waals surface area contributed by atoms with Crippen molar-refractivity contribution < 1.29 is 9.53 Å². The van der Waals surface area contributed by atoms with Gasteiger partial charge in [0.15, 0.2) is 0 Å². The van der Waals surface area contributed by atoms with Gasteiger partial charge in [-0.25, -0.2) is 0 Å². The first-order valence-electron chi connectivity index (χ1n) is 6.07. The predicted molar refractivity (Wildman–Crippen MR) is 73.9 cm³/mol. The zero-order valence-electron chi connectivity index (χ0n) is 11.6. The molecule has 4 heteroatoms. The molecule has 4 nitrogen and oxygen atoms in total. The number of hydrogen-bond acceptors (Lipinski definition) is 3. The van der Waals surface area contributed by atoms with Crippen molar-refractivity contribution in [2.45, 2.75) is 20.8 Å². The minimum absolute atomic E-state index is 0.0393. The van der Waals surface area contributed by atoms with E-state index >= 15 is 0 Å². The van der Waals surface area contributed by atoms with Gasteiger partial charge in [0.25, 0.3) is 0 Å². The van der Waals surface area contributed by atoms with Gasteiger partial charge in [0, 0.05) is 18.5 Å². The van der Waals surface area contributed by atoms with Gasteiger partial charge in [-0.05, 0) is 12.1 Å². The molecule has 0 unspecified atom stereocenters. The molecule has 0 aliphatic rings. The molecule has 1 rings (SSSR count). The lowest BCUT2D eigenvalue weighted by Gasteiger charge is -2.30. The number of methoxy groups -OCH3 is 1. The van der Waals surface area contributed by atoms with E-state index in [1.807, 2.05) is 45.0 Å². The van der Waals surface area contributed by atoms with Gasteiger partial charge in [0.2, 0.25) is 5.91 Å². The number of anilines is 1. The van der Waals surface area contributed by atoms with Gasteiger partial charge in [-0.3, -0.25) is 4.79 Å². The van der Waals surface area contributed by atoms with E-state index in [9.17, 15) is 4.79 Å². The summed E-state index contributed by atoms with van der Waals surface area (Å²) in [6.45, 7) is 6.59. The van der Waals surface area contributed by atoms with Gasteiger partial charge < -0.3 is 15.4 Å². The van der Waals surface area contributed by atoms with E-state index in [-0.39, 0.29) is 5.91 Å².